The number of hydrogen-bond donors (Lipinski definition) is 1. The van der Waals surface area contributed by atoms with Gasteiger partial charge in [0.05, 0.1) is 6.61 Å². The van der Waals surface area contributed by atoms with Crippen molar-refractivity contribution in [3.8, 4) is 5.75 Å². The lowest BCUT2D eigenvalue weighted by atomic mass is 9.90. The molecule has 1 aromatic carbocycles. The van der Waals surface area contributed by atoms with E-state index in [1.54, 1.807) is 7.05 Å². The van der Waals surface area contributed by atoms with E-state index in [1.807, 2.05) is 31.2 Å². The normalized spacial score (nSPS) is 18.7. The first kappa shape index (κ1) is 20.2. The third-order valence-electron chi connectivity index (χ3n) is 5.58. The van der Waals surface area contributed by atoms with Crippen LogP contribution in [0.2, 0.25) is 0 Å². The first-order chi connectivity index (χ1) is 13.4. The zero-order chi connectivity index (χ0) is 20.1. The van der Waals surface area contributed by atoms with Crippen molar-refractivity contribution in [2.24, 2.45) is 0 Å². The summed E-state index contributed by atoms with van der Waals surface area (Å²) < 4.78 is 5.42. The zero-order valence-electron chi connectivity index (χ0n) is 16.7. The Labute approximate surface area is 166 Å². The van der Waals surface area contributed by atoms with Gasteiger partial charge in [0.1, 0.15) is 17.8 Å². The van der Waals surface area contributed by atoms with Gasteiger partial charge in [0.25, 0.3) is 5.91 Å². The summed E-state index contributed by atoms with van der Waals surface area (Å²) in [5.74, 6) is 0.276. The summed E-state index contributed by atoms with van der Waals surface area (Å²) in [7, 11) is 1.68. The van der Waals surface area contributed by atoms with Crippen LogP contribution in [0, 0.1) is 0 Å². The van der Waals surface area contributed by atoms with Gasteiger partial charge in [0.2, 0.25) is 5.91 Å². The van der Waals surface area contributed by atoms with E-state index in [0.717, 1.165) is 41.9 Å². The Morgan fingerprint density at radius 2 is 1.79 bits per heavy atom. The van der Waals surface area contributed by atoms with Crippen LogP contribution in [-0.2, 0) is 16.1 Å². The topological polar surface area (TPSA) is 79.0 Å². The van der Waals surface area contributed by atoms with Crippen molar-refractivity contribution >= 4 is 17.8 Å². The maximum absolute atomic E-state index is 12.9. The van der Waals surface area contributed by atoms with E-state index in [2.05, 4.69) is 5.32 Å². The van der Waals surface area contributed by atoms with E-state index in [0.29, 0.717) is 26.0 Å². The largest absolute Gasteiger partial charge is 0.494 e. The van der Waals surface area contributed by atoms with Crippen LogP contribution in [0.25, 0.3) is 0 Å². The van der Waals surface area contributed by atoms with Crippen molar-refractivity contribution in [1.82, 2.24) is 15.1 Å². The molecule has 28 heavy (non-hydrogen) atoms. The van der Waals surface area contributed by atoms with Gasteiger partial charge in [0.15, 0.2) is 0 Å². The molecule has 0 atom stereocenters. The van der Waals surface area contributed by atoms with Gasteiger partial charge in [0, 0.05) is 13.6 Å². The molecule has 0 aromatic heterocycles. The number of carbonyl (C=O) groups is 3. The van der Waals surface area contributed by atoms with Crippen molar-refractivity contribution in [1.29, 1.82) is 0 Å². The molecule has 7 nitrogen and oxygen atoms in total. The minimum atomic E-state index is -0.804. The average molecular weight is 387 g/mol. The fourth-order valence-corrected chi connectivity index (χ4v) is 3.97. The summed E-state index contributed by atoms with van der Waals surface area (Å²) in [6, 6.07) is 7.09. The van der Waals surface area contributed by atoms with Crippen LogP contribution < -0.4 is 10.1 Å². The highest BCUT2D eigenvalue weighted by Gasteiger charge is 2.51. The Hall–Kier alpha value is -2.57. The molecule has 1 heterocycles. The smallest absolute Gasteiger partial charge is 0.325 e. The molecule has 0 bridgehead atoms. The van der Waals surface area contributed by atoms with Crippen LogP contribution in [0.3, 0.4) is 0 Å². The lowest BCUT2D eigenvalue weighted by Gasteiger charge is -2.25. The second kappa shape index (κ2) is 8.63. The highest BCUT2D eigenvalue weighted by molar-refractivity contribution is 6.09. The van der Waals surface area contributed by atoms with Gasteiger partial charge < -0.3 is 15.0 Å². The molecule has 1 aliphatic heterocycles. The summed E-state index contributed by atoms with van der Waals surface area (Å²) in [6.45, 7) is 2.71. The predicted molar refractivity (Wildman–Crippen MR) is 105 cm³/mol. The van der Waals surface area contributed by atoms with Crippen molar-refractivity contribution < 1.29 is 19.1 Å². The summed E-state index contributed by atoms with van der Waals surface area (Å²) in [6.07, 6.45) is 5.31. The molecular formula is C21H29N3O4. The van der Waals surface area contributed by atoms with E-state index in [-0.39, 0.29) is 18.4 Å². The number of imide groups is 1. The van der Waals surface area contributed by atoms with Gasteiger partial charge in [-0.05, 0) is 37.5 Å². The molecule has 0 radical (unpaired) electrons. The minimum absolute atomic E-state index is 0.222. The maximum Gasteiger partial charge on any atom is 0.325 e. The molecular weight excluding hydrogens is 358 g/mol. The fourth-order valence-electron chi connectivity index (χ4n) is 3.97. The standard InChI is InChI=1S/C21H29N3O4/c1-3-28-17-10-8-16(9-11-17)14-23(2)18(25)15-24-19(26)21(22-20(24)27)12-6-4-5-7-13-21/h8-11H,3-7,12-15H2,1-2H3,(H,22,27). The number of nitrogens with zero attached hydrogens (tertiary/aromatic N) is 2. The zero-order valence-corrected chi connectivity index (χ0v) is 16.7. The fraction of sp³-hybridized carbons (Fsp3) is 0.571. The SMILES string of the molecule is CCOc1ccc(CN(C)C(=O)CN2C(=O)NC3(CCCCCC3)C2=O)cc1. The van der Waals surface area contributed by atoms with Crippen molar-refractivity contribution in [3.63, 3.8) is 0 Å². The summed E-state index contributed by atoms with van der Waals surface area (Å²) >= 11 is 0. The molecule has 0 unspecified atom stereocenters. The second-order valence-corrected chi connectivity index (χ2v) is 7.64. The van der Waals surface area contributed by atoms with Crippen LogP contribution in [0.15, 0.2) is 24.3 Å². The first-order valence-corrected chi connectivity index (χ1v) is 10.0. The number of ether oxygens (including phenoxy) is 1. The molecule has 1 spiro atoms. The average Bonchev–Trinajstić information content (AvgIpc) is 2.84. The van der Waals surface area contributed by atoms with Crippen LogP contribution >= 0.6 is 0 Å². The van der Waals surface area contributed by atoms with Crippen molar-refractivity contribution in [3.05, 3.63) is 29.8 Å². The van der Waals surface area contributed by atoms with Gasteiger partial charge in [-0.3, -0.25) is 14.5 Å². The second-order valence-electron chi connectivity index (χ2n) is 7.64. The quantitative estimate of drug-likeness (QED) is 0.761. The molecule has 3 rings (SSSR count). The number of likely N-dealkylation sites (N-methyl/N-ethyl adjacent to an activating group) is 1. The molecule has 1 aromatic rings. The Bertz CT molecular complexity index is 724. The molecule has 7 heteroatoms. The number of nitrogens with one attached hydrogen (secondary N) is 1. The van der Waals surface area contributed by atoms with E-state index < -0.39 is 11.6 Å². The molecule has 1 aliphatic carbocycles. The van der Waals surface area contributed by atoms with Gasteiger partial charge in [-0.15, -0.1) is 0 Å². The van der Waals surface area contributed by atoms with Crippen LogP contribution in [-0.4, -0.2) is 53.4 Å². The van der Waals surface area contributed by atoms with Crippen LogP contribution in [0.5, 0.6) is 5.75 Å². The number of urea groups is 1. The Kier molecular flexibility index (Phi) is 6.21. The lowest BCUT2D eigenvalue weighted by Crippen LogP contribution is -2.47. The van der Waals surface area contributed by atoms with E-state index >= 15 is 0 Å². The molecule has 152 valence electrons. The highest BCUT2D eigenvalue weighted by atomic mass is 16.5. The third-order valence-corrected chi connectivity index (χ3v) is 5.58. The number of carbonyl (C=O) groups excluding carboxylic acids is 3. The third kappa shape index (κ3) is 4.29. The number of amides is 4. The van der Waals surface area contributed by atoms with E-state index in [4.69, 9.17) is 4.74 Å². The van der Waals surface area contributed by atoms with Gasteiger partial charge in [-0.1, -0.05) is 37.8 Å². The first-order valence-electron chi connectivity index (χ1n) is 10.0. The number of benzene rings is 1. The van der Waals surface area contributed by atoms with Gasteiger partial charge >= 0.3 is 6.03 Å². The Morgan fingerprint density at radius 1 is 1.14 bits per heavy atom. The predicted octanol–water partition coefficient (Wildman–Crippen LogP) is 2.69. The van der Waals surface area contributed by atoms with E-state index in [9.17, 15) is 14.4 Å². The summed E-state index contributed by atoms with van der Waals surface area (Å²) in [4.78, 5) is 40.6. The van der Waals surface area contributed by atoms with Crippen LogP contribution in [0.1, 0.15) is 51.0 Å². The summed E-state index contributed by atoms with van der Waals surface area (Å²) in [5, 5.41) is 2.87. The highest BCUT2D eigenvalue weighted by Crippen LogP contribution is 2.32. The monoisotopic (exact) mass is 387 g/mol. The molecule has 2 aliphatic rings. The summed E-state index contributed by atoms with van der Waals surface area (Å²) in [5.41, 5.74) is 0.151. The van der Waals surface area contributed by atoms with Gasteiger partial charge in [-0.2, -0.15) is 0 Å². The Balaban J connectivity index is 1.60. The van der Waals surface area contributed by atoms with Crippen molar-refractivity contribution in [2.45, 2.75) is 57.5 Å². The molecule has 1 saturated carbocycles. The lowest BCUT2D eigenvalue weighted by molar-refractivity contribution is -0.138. The number of rotatable bonds is 6. The molecule has 1 N–H and O–H groups in total. The number of hydrogen-bond acceptors (Lipinski definition) is 4. The molecule has 2 fully saturated rings. The van der Waals surface area contributed by atoms with Gasteiger partial charge in [-0.25, -0.2) is 4.79 Å². The molecule has 4 amide bonds. The van der Waals surface area contributed by atoms with Crippen LogP contribution in [0.4, 0.5) is 4.79 Å². The minimum Gasteiger partial charge on any atom is -0.494 e. The Morgan fingerprint density at radius 3 is 2.39 bits per heavy atom. The molecule has 1 saturated heterocycles. The van der Waals surface area contributed by atoms with E-state index in [1.165, 1.54) is 4.90 Å². The van der Waals surface area contributed by atoms with Crippen molar-refractivity contribution in [2.75, 3.05) is 20.2 Å². The maximum atomic E-state index is 12.9.